The summed E-state index contributed by atoms with van der Waals surface area (Å²) in [6.07, 6.45) is 1.60. The average Bonchev–Trinajstić information content (AvgIpc) is 2.68. The Hall–Kier alpha value is -3.35. The molecule has 146 valence electrons. The van der Waals surface area contributed by atoms with Crippen molar-refractivity contribution in [2.75, 3.05) is 19.0 Å². The fourth-order valence-corrected chi connectivity index (χ4v) is 2.79. The molecule has 1 heterocycles. The van der Waals surface area contributed by atoms with Crippen LogP contribution in [0.25, 0.3) is 0 Å². The molecular weight excluding hydrogens is 361 g/mol. The minimum Gasteiger partial charge on any atom is -0.491 e. The number of hydrogen-bond donors (Lipinski definition) is 1. The second-order valence-corrected chi connectivity index (χ2v) is 6.21. The zero-order valence-corrected chi connectivity index (χ0v) is 16.0. The summed E-state index contributed by atoms with van der Waals surface area (Å²) in [5.74, 6) is 0.175. The van der Waals surface area contributed by atoms with Crippen LogP contribution in [0, 0.1) is 12.7 Å². The number of anilines is 2. The van der Waals surface area contributed by atoms with Crippen LogP contribution in [0.15, 0.2) is 53.5 Å². The van der Waals surface area contributed by atoms with Gasteiger partial charge >= 0.3 is 5.56 Å². The van der Waals surface area contributed by atoms with Crippen molar-refractivity contribution in [3.63, 3.8) is 0 Å². The Bertz CT molecular complexity index is 1020. The van der Waals surface area contributed by atoms with Crippen LogP contribution in [0.3, 0.4) is 0 Å². The first-order valence-corrected chi connectivity index (χ1v) is 8.91. The molecule has 0 saturated carbocycles. The summed E-state index contributed by atoms with van der Waals surface area (Å²) in [5.41, 5.74) is 1.81. The van der Waals surface area contributed by atoms with Crippen molar-refractivity contribution in [1.82, 2.24) is 9.55 Å². The largest absolute Gasteiger partial charge is 0.491 e. The number of benzene rings is 2. The van der Waals surface area contributed by atoms with Crippen molar-refractivity contribution >= 4 is 11.6 Å². The fraction of sp³-hybridized carbons (Fsp3) is 0.238. The van der Waals surface area contributed by atoms with Gasteiger partial charge in [-0.15, -0.1) is 0 Å². The average molecular weight is 383 g/mol. The Morgan fingerprint density at radius 1 is 1.18 bits per heavy atom. The number of nitrogens with one attached hydrogen (secondary N) is 1. The van der Waals surface area contributed by atoms with E-state index in [9.17, 15) is 9.18 Å². The number of methoxy groups -OCH3 is 1. The zero-order chi connectivity index (χ0) is 20.1. The van der Waals surface area contributed by atoms with Gasteiger partial charge in [0, 0.05) is 11.8 Å². The fourth-order valence-electron chi connectivity index (χ4n) is 2.79. The second kappa shape index (κ2) is 8.56. The van der Waals surface area contributed by atoms with Crippen molar-refractivity contribution in [3.8, 4) is 11.5 Å². The molecule has 2 aromatic carbocycles. The lowest BCUT2D eigenvalue weighted by molar-refractivity contribution is 0.321. The molecule has 0 fully saturated rings. The van der Waals surface area contributed by atoms with Gasteiger partial charge in [-0.1, -0.05) is 30.3 Å². The summed E-state index contributed by atoms with van der Waals surface area (Å²) in [6.45, 7) is 4.38. The molecule has 0 radical (unpaired) electrons. The van der Waals surface area contributed by atoms with Crippen LogP contribution >= 0.6 is 0 Å². The Morgan fingerprint density at radius 3 is 2.61 bits per heavy atom. The van der Waals surface area contributed by atoms with Crippen molar-refractivity contribution < 1.29 is 13.9 Å². The number of aryl methyl sites for hydroxylation is 1. The molecule has 0 saturated heterocycles. The van der Waals surface area contributed by atoms with Crippen molar-refractivity contribution in [2.45, 2.75) is 20.4 Å². The summed E-state index contributed by atoms with van der Waals surface area (Å²) in [5, 5.41) is 3.13. The minimum atomic E-state index is -0.487. The van der Waals surface area contributed by atoms with E-state index >= 15 is 0 Å². The molecular formula is C21H22FN3O3. The van der Waals surface area contributed by atoms with E-state index in [2.05, 4.69) is 10.3 Å². The maximum absolute atomic E-state index is 14.0. The molecule has 3 rings (SSSR count). The molecule has 0 bridgehead atoms. The van der Waals surface area contributed by atoms with E-state index in [1.807, 2.05) is 30.3 Å². The number of halogens is 1. The highest BCUT2D eigenvalue weighted by Crippen LogP contribution is 2.28. The summed E-state index contributed by atoms with van der Waals surface area (Å²) in [6, 6.07) is 12.7. The van der Waals surface area contributed by atoms with E-state index in [-0.39, 0.29) is 11.5 Å². The molecule has 1 N–H and O–H groups in total. The molecule has 0 unspecified atom stereocenters. The van der Waals surface area contributed by atoms with E-state index in [0.29, 0.717) is 30.4 Å². The van der Waals surface area contributed by atoms with E-state index in [0.717, 1.165) is 5.56 Å². The molecule has 0 aliphatic rings. The van der Waals surface area contributed by atoms with Crippen LogP contribution in [-0.4, -0.2) is 23.3 Å². The van der Waals surface area contributed by atoms with Gasteiger partial charge in [-0.2, -0.15) is 4.98 Å². The third-order valence-corrected chi connectivity index (χ3v) is 4.20. The molecule has 0 aliphatic carbocycles. The number of aromatic nitrogens is 2. The topological polar surface area (TPSA) is 65.4 Å². The predicted octanol–water partition coefficient (Wildman–Crippen LogP) is 3.89. The minimum absolute atomic E-state index is 0.140. The van der Waals surface area contributed by atoms with Crippen LogP contribution < -0.4 is 20.3 Å². The van der Waals surface area contributed by atoms with Crippen molar-refractivity contribution in [2.24, 2.45) is 0 Å². The van der Waals surface area contributed by atoms with E-state index in [1.54, 1.807) is 30.7 Å². The molecule has 0 atom stereocenters. The van der Waals surface area contributed by atoms with Crippen LogP contribution in [0.2, 0.25) is 0 Å². The zero-order valence-electron chi connectivity index (χ0n) is 16.0. The van der Waals surface area contributed by atoms with E-state index < -0.39 is 11.4 Å². The normalized spacial score (nSPS) is 10.6. The molecule has 0 aliphatic heterocycles. The first-order valence-electron chi connectivity index (χ1n) is 8.91. The molecule has 28 heavy (non-hydrogen) atoms. The highest BCUT2D eigenvalue weighted by Gasteiger charge is 2.13. The van der Waals surface area contributed by atoms with Crippen LogP contribution in [0.5, 0.6) is 11.5 Å². The Morgan fingerprint density at radius 2 is 1.93 bits per heavy atom. The van der Waals surface area contributed by atoms with Gasteiger partial charge in [0.15, 0.2) is 11.6 Å². The maximum Gasteiger partial charge on any atom is 0.316 e. The predicted molar refractivity (Wildman–Crippen MR) is 106 cm³/mol. The van der Waals surface area contributed by atoms with Crippen molar-refractivity contribution in [1.29, 1.82) is 0 Å². The SMILES string of the molecule is CCOc1cc(Nc2nc(=O)c(OC)cn2Cc2ccccc2)c(C)cc1F. The summed E-state index contributed by atoms with van der Waals surface area (Å²) < 4.78 is 26.3. The molecule has 6 nitrogen and oxygen atoms in total. The summed E-state index contributed by atoms with van der Waals surface area (Å²) in [7, 11) is 1.43. The van der Waals surface area contributed by atoms with Gasteiger partial charge in [-0.3, -0.25) is 4.79 Å². The van der Waals surface area contributed by atoms with E-state index in [1.165, 1.54) is 13.2 Å². The molecule has 7 heteroatoms. The van der Waals surface area contributed by atoms with Crippen molar-refractivity contribution in [3.05, 3.63) is 76.0 Å². The first kappa shape index (κ1) is 19.4. The first-order chi connectivity index (χ1) is 13.5. The van der Waals surface area contributed by atoms with Gasteiger partial charge in [0.2, 0.25) is 11.7 Å². The maximum atomic E-state index is 14.0. The van der Waals surface area contributed by atoms with Gasteiger partial charge in [0.1, 0.15) is 0 Å². The highest BCUT2D eigenvalue weighted by atomic mass is 19.1. The van der Waals surface area contributed by atoms with Gasteiger partial charge in [0.05, 0.1) is 26.5 Å². The lowest BCUT2D eigenvalue weighted by atomic mass is 10.2. The van der Waals surface area contributed by atoms with Gasteiger partial charge in [-0.05, 0) is 31.0 Å². The summed E-state index contributed by atoms with van der Waals surface area (Å²) in [4.78, 5) is 16.3. The van der Waals surface area contributed by atoms with E-state index in [4.69, 9.17) is 9.47 Å². The molecule has 1 aromatic heterocycles. The van der Waals surface area contributed by atoms with Crippen LogP contribution in [0.1, 0.15) is 18.1 Å². The Labute approximate surface area is 162 Å². The molecule has 0 amide bonds. The third-order valence-electron chi connectivity index (χ3n) is 4.20. The Kier molecular flexibility index (Phi) is 5.93. The molecule has 0 spiro atoms. The number of hydrogen-bond acceptors (Lipinski definition) is 5. The Balaban J connectivity index is 2.02. The standard InChI is InChI=1S/C21H22FN3O3/c1-4-28-18-11-17(14(2)10-16(18)22)23-21-24-20(26)19(27-3)13-25(21)12-15-8-6-5-7-9-15/h5-11,13H,4,12H2,1-3H3,(H,23,24,26). The lowest BCUT2D eigenvalue weighted by Gasteiger charge is -2.17. The molecule has 3 aromatic rings. The van der Waals surface area contributed by atoms with Gasteiger partial charge in [-0.25, -0.2) is 4.39 Å². The smallest absolute Gasteiger partial charge is 0.316 e. The van der Waals surface area contributed by atoms with Crippen LogP contribution in [0.4, 0.5) is 16.0 Å². The van der Waals surface area contributed by atoms with Gasteiger partial charge in [0.25, 0.3) is 0 Å². The summed E-state index contributed by atoms with van der Waals surface area (Å²) >= 11 is 0. The highest BCUT2D eigenvalue weighted by molar-refractivity contribution is 5.61. The number of ether oxygens (including phenoxy) is 2. The lowest BCUT2D eigenvalue weighted by Crippen LogP contribution is -2.19. The number of rotatable bonds is 7. The number of nitrogens with zero attached hydrogens (tertiary/aromatic N) is 2. The van der Waals surface area contributed by atoms with Crippen LogP contribution in [-0.2, 0) is 6.54 Å². The quantitative estimate of drug-likeness (QED) is 0.671. The monoisotopic (exact) mass is 383 g/mol. The third kappa shape index (κ3) is 4.31. The van der Waals surface area contributed by atoms with Gasteiger partial charge < -0.3 is 19.4 Å². The second-order valence-electron chi connectivity index (χ2n) is 6.21.